The fourth-order valence-corrected chi connectivity index (χ4v) is 8.64. The molecule has 3 aliphatic rings. The van der Waals surface area contributed by atoms with Crippen LogP contribution in [0.1, 0.15) is 80.1 Å². The molecule has 0 aromatic heterocycles. The second-order valence-electron chi connectivity index (χ2n) is 13.1. The highest BCUT2D eigenvalue weighted by Crippen LogP contribution is 2.64. The van der Waals surface area contributed by atoms with E-state index in [1.807, 2.05) is 0 Å². The lowest BCUT2D eigenvalue weighted by atomic mass is 9.63. The fourth-order valence-electron chi connectivity index (χ4n) is 8.64. The van der Waals surface area contributed by atoms with Crippen LogP contribution in [0.25, 0.3) is 44.2 Å². The van der Waals surface area contributed by atoms with Gasteiger partial charge in [-0.15, -0.1) is 0 Å². The zero-order chi connectivity index (χ0) is 58.8. The van der Waals surface area contributed by atoms with E-state index in [0.29, 0.717) is 11.1 Å². The zero-order valence-corrected chi connectivity index (χ0v) is 28.0. The molecule has 55 heavy (non-hydrogen) atoms. The highest BCUT2D eigenvalue weighted by atomic mass is 16.5. The molecule has 1 heterocycles. The van der Waals surface area contributed by atoms with Crippen molar-refractivity contribution in [1.29, 1.82) is 0 Å². The van der Waals surface area contributed by atoms with Crippen LogP contribution in [0.2, 0.25) is 0 Å². The summed E-state index contributed by atoms with van der Waals surface area (Å²) in [5, 5.41) is -0.700. The molecule has 12 rings (SSSR count). The standard InChI is InChI=1S/C54H34O/c1-3-16-38(17-4-1)53(39-18-5-2-6-19-39)46-25-13-14-26-50(46)55-51-32-29-37(34-49(51)53)36-27-30-42-41-21-9-11-23-44(41)54(48(42)33-36)45-24-12-10-22-43(45)52-40-20-8-7-15-35(40)28-31-47(52)54/h1-34H/i1D,2D,3D,4D,5D,6D,7D,8D,10D,12D,13D,14D,15D,16D,17D,18D,20D,22D,24D,25D,26D,28D,29D,31D,32D,34D. The number of hydrogen-bond acceptors (Lipinski definition) is 1. The number of fused-ring (bicyclic) bond motifs is 14. The number of para-hydroxylation sites is 1. The molecule has 0 saturated heterocycles. The molecule has 1 nitrogen and oxygen atoms in total. The van der Waals surface area contributed by atoms with Gasteiger partial charge in [0.2, 0.25) is 0 Å². The predicted molar refractivity (Wildman–Crippen MR) is 224 cm³/mol. The van der Waals surface area contributed by atoms with E-state index in [2.05, 4.69) is 0 Å². The number of rotatable bonds is 3. The molecule has 9 aromatic carbocycles. The molecule has 0 N–H and O–H groups in total. The lowest BCUT2D eigenvalue weighted by Gasteiger charge is -2.41. The average molecular weight is 725 g/mol. The maximum Gasteiger partial charge on any atom is 0.132 e. The average Bonchev–Trinajstić information content (AvgIpc) is 2.66. The molecular weight excluding hydrogens is 665 g/mol. The van der Waals surface area contributed by atoms with E-state index >= 15 is 0 Å². The normalized spacial score (nSPS) is 24.7. The lowest BCUT2D eigenvalue weighted by Crippen LogP contribution is -2.34. The van der Waals surface area contributed by atoms with Gasteiger partial charge in [-0.25, -0.2) is 0 Å². The van der Waals surface area contributed by atoms with E-state index in [1.165, 1.54) is 18.2 Å². The minimum atomic E-state index is -3.05. The molecule has 1 aliphatic heterocycles. The molecule has 1 spiro atoms. The van der Waals surface area contributed by atoms with Crippen LogP contribution in [-0.2, 0) is 10.8 Å². The third-order valence-corrected chi connectivity index (χ3v) is 10.7. The van der Waals surface area contributed by atoms with Crippen molar-refractivity contribution < 1.29 is 40.4 Å². The van der Waals surface area contributed by atoms with E-state index in [9.17, 15) is 16.4 Å². The Hall–Kier alpha value is -6.96. The number of ether oxygens (including phenoxy) is 1. The van der Waals surface area contributed by atoms with Gasteiger partial charge >= 0.3 is 0 Å². The number of benzene rings is 9. The molecule has 2 aliphatic carbocycles. The van der Waals surface area contributed by atoms with Crippen molar-refractivity contribution in [2.45, 2.75) is 10.8 Å². The minimum absolute atomic E-state index is 0.0899. The Bertz CT molecular complexity index is 4480. The Labute approximate surface area is 357 Å². The molecule has 0 bridgehead atoms. The molecule has 256 valence electrons. The van der Waals surface area contributed by atoms with Crippen LogP contribution < -0.4 is 4.74 Å². The van der Waals surface area contributed by atoms with E-state index in [1.54, 1.807) is 24.3 Å². The Morgan fingerprint density at radius 2 is 1.13 bits per heavy atom. The third-order valence-electron chi connectivity index (χ3n) is 10.7. The van der Waals surface area contributed by atoms with Crippen LogP contribution in [-0.4, -0.2) is 0 Å². The highest BCUT2D eigenvalue weighted by molar-refractivity contribution is 6.06. The van der Waals surface area contributed by atoms with Crippen molar-refractivity contribution >= 4 is 10.8 Å². The summed E-state index contributed by atoms with van der Waals surface area (Å²) in [5.74, 6) is -1.66. The summed E-state index contributed by atoms with van der Waals surface area (Å²) in [6.45, 7) is 0. The van der Waals surface area contributed by atoms with Crippen LogP contribution in [0.3, 0.4) is 0 Å². The molecule has 2 atom stereocenters. The summed E-state index contributed by atoms with van der Waals surface area (Å²) in [6, 6.07) is -10.1. The molecule has 0 amide bonds. The van der Waals surface area contributed by atoms with Gasteiger partial charge in [0.1, 0.15) is 11.5 Å². The third kappa shape index (κ3) is 3.92. The van der Waals surface area contributed by atoms with Crippen molar-refractivity contribution in [3.05, 3.63) is 250 Å². The van der Waals surface area contributed by atoms with Gasteiger partial charge < -0.3 is 4.74 Å². The SMILES string of the molecule is [2H]c1cc(C2(c3c([2H])c([2H])c([2H])c([2H])c3[2H])c3c([2H])c([2H])c([2H])c([2H])c3Oc3c([2H])c([2H])c(-c4ccc5c(c4)C4(c6ccccc6-5)c5c([2H])c([2H])c([2H])c([2H])c5-c5c4c([2H])c([2H])c4c([2H])c([2H])c([2H])c([2H])c54)c([2H])c32)c([2H])c([2H])c1[2H]. The highest BCUT2D eigenvalue weighted by Gasteiger charge is 2.52. The monoisotopic (exact) mass is 724 g/mol. The summed E-state index contributed by atoms with van der Waals surface area (Å²) in [5.41, 5.74) is -8.59. The topological polar surface area (TPSA) is 9.23 Å². The van der Waals surface area contributed by atoms with Crippen molar-refractivity contribution in [1.82, 2.24) is 0 Å². The van der Waals surface area contributed by atoms with E-state index in [-0.39, 0.29) is 44.3 Å². The van der Waals surface area contributed by atoms with Crippen LogP contribution in [0.4, 0.5) is 0 Å². The van der Waals surface area contributed by atoms with Gasteiger partial charge in [0, 0.05) is 11.1 Å². The minimum Gasteiger partial charge on any atom is -0.457 e. The van der Waals surface area contributed by atoms with Gasteiger partial charge in [-0.05, 0) is 102 Å². The second kappa shape index (κ2) is 11.3. The zero-order valence-electron chi connectivity index (χ0n) is 54.0. The first-order valence-electron chi connectivity index (χ1n) is 30.1. The van der Waals surface area contributed by atoms with Gasteiger partial charge in [-0.3, -0.25) is 0 Å². The summed E-state index contributed by atoms with van der Waals surface area (Å²) in [6.07, 6.45) is 0. The molecule has 1 heteroatoms. The van der Waals surface area contributed by atoms with Gasteiger partial charge in [0.15, 0.2) is 0 Å². The van der Waals surface area contributed by atoms with Crippen LogP contribution in [0, 0.1) is 0 Å². The van der Waals surface area contributed by atoms with E-state index in [0.717, 1.165) is 6.07 Å². The van der Waals surface area contributed by atoms with Gasteiger partial charge in [0.05, 0.1) is 46.5 Å². The largest absolute Gasteiger partial charge is 0.457 e. The van der Waals surface area contributed by atoms with Gasteiger partial charge in [-0.2, -0.15) is 0 Å². The molecule has 0 saturated carbocycles. The first-order valence-corrected chi connectivity index (χ1v) is 17.1. The maximum atomic E-state index is 10.5. The van der Waals surface area contributed by atoms with Crippen LogP contribution in [0.5, 0.6) is 11.5 Å². The second-order valence-corrected chi connectivity index (χ2v) is 13.1. The van der Waals surface area contributed by atoms with Crippen molar-refractivity contribution in [3.8, 4) is 44.9 Å². The Kier molecular flexibility index (Phi) is 3.01. The Balaban J connectivity index is 1.30. The molecule has 0 radical (unpaired) electrons. The van der Waals surface area contributed by atoms with Crippen molar-refractivity contribution in [2.75, 3.05) is 0 Å². The summed E-state index contributed by atoms with van der Waals surface area (Å²) in [7, 11) is 0. The van der Waals surface area contributed by atoms with E-state index in [4.69, 9.17) is 23.9 Å². The van der Waals surface area contributed by atoms with Gasteiger partial charge in [-0.1, -0.05) is 181 Å². The summed E-state index contributed by atoms with van der Waals surface area (Å²) in [4.78, 5) is 0. The molecule has 9 aromatic rings. The van der Waals surface area contributed by atoms with Crippen LogP contribution >= 0.6 is 0 Å². The van der Waals surface area contributed by atoms with Gasteiger partial charge in [0.25, 0.3) is 0 Å². The molecule has 0 fully saturated rings. The van der Waals surface area contributed by atoms with Crippen molar-refractivity contribution in [3.63, 3.8) is 0 Å². The molecular formula is C54H34O. The smallest absolute Gasteiger partial charge is 0.132 e. The maximum absolute atomic E-state index is 10.5. The summed E-state index contributed by atoms with van der Waals surface area (Å²) >= 11 is 0. The first kappa shape index (κ1) is 14.7. The Morgan fingerprint density at radius 1 is 0.400 bits per heavy atom. The Morgan fingerprint density at radius 3 is 2.05 bits per heavy atom. The quantitative estimate of drug-likeness (QED) is 0.176. The van der Waals surface area contributed by atoms with Crippen molar-refractivity contribution in [2.24, 2.45) is 0 Å². The van der Waals surface area contributed by atoms with Crippen LogP contribution in [0.15, 0.2) is 206 Å². The molecule has 2 unspecified atom stereocenters. The lowest BCUT2D eigenvalue weighted by molar-refractivity contribution is 0.434. The first-order chi connectivity index (χ1) is 38.1. The predicted octanol–water partition coefficient (Wildman–Crippen LogP) is 13.3. The number of hydrogen-bond donors (Lipinski definition) is 0. The summed E-state index contributed by atoms with van der Waals surface area (Å²) < 4.78 is 246. The van der Waals surface area contributed by atoms with E-state index < -0.39 is 213 Å². The fraction of sp³-hybridized carbons (Fsp3) is 0.0370.